The molecule has 0 saturated carbocycles. The number of carbonyl (C=O) groups is 1. The summed E-state index contributed by atoms with van der Waals surface area (Å²) in [4.78, 5) is 63.8. The zero-order chi connectivity index (χ0) is 28.7. The number of benzene rings is 2. The fourth-order valence-corrected chi connectivity index (χ4v) is 4.93. The van der Waals surface area contributed by atoms with Gasteiger partial charge < -0.3 is 10.2 Å². The molecule has 0 fully saturated rings. The van der Waals surface area contributed by atoms with E-state index in [9.17, 15) is 19.3 Å². The van der Waals surface area contributed by atoms with Crippen LogP contribution in [-0.4, -0.2) is 39.9 Å². The highest BCUT2D eigenvalue weighted by atomic mass is 35.5. The van der Waals surface area contributed by atoms with Crippen molar-refractivity contribution in [2.24, 2.45) is 11.1 Å². The van der Waals surface area contributed by atoms with E-state index in [1.54, 1.807) is 79.1 Å². The van der Waals surface area contributed by atoms with Gasteiger partial charge in [-0.1, -0.05) is 30.3 Å². The number of nitroso groups, excluding NO2 is 1. The fraction of sp³-hybridized carbons (Fsp3) is 0. The molecule has 0 aliphatic carbocycles. The first-order valence-electron chi connectivity index (χ1n) is 12.1. The van der Waals surface area contributed by atoms with Crippen LogP contribution in [-0.2, 0) is 0 Å². The normalized spacial score (nSPS) is 11.2. The number of rotatable bonds is 1. The highest BCUT2D eigenvalue weighted by Gasteiger charge is 2.30. The minimum atomic E-state index is -0.258. The van der Waals surface area contributed by atoms with E-state index in [2.05, 4.69) is 31.0 Å². The number of fused-ring (bicyclic) bond motifs is 8. The molecule has 5 aromatic heterocycles. The molecule has 8 rings (SSSR count). The number of ketones is 1. The Balaban J connectivity index is 0.000000155. The molecule has 4 N–H and O–H groups in total. The van der Waals surface area contributed by atoms with Crippen LogP contribution < -0.4 is 17.0 Å². The lowest BCUT2D eigenvalue weighted by Gasteiger charge is -2.04. The zero-order valence-corrected chi connectivity index (χ0v) is 22.1. The smallest absolute Gasteiger partial charge is 0.267 e. The van der Waals surface area contributed by atoms with Gasteiger partial charge in [0.15, 0.2) is 17.2 Å². The number of nitrogens with zero attached hydrogens (tertiary/aromatic N) is 6. The summed E-state index contributed by atoms with van der Waals surface area (Å²) in [5, 5.41) is 11.1. The van der Waals surface area contributed by atoms with E-state index in [-0.39, 0.29) is 40.8 Å². The fourth-order valence-electron chi connectivity index (χ4n) is 4.93. The Morgan fingerprint density at radius 3 is 2.24 bits per heavy atom. The van der Waals surface area contributed by atoms with Crippen LogP contribution in [0.3, 0.4) is 0 Å². The first kappa shape index (κ1) is 27.9. The second-order valence-corrected chi connectivity index (χ2v) is 8.77. The number of aromatic nitrogens is 6. The van der Waals surface area contributed by atoms with Crippen molar-refractivity contribution in [2.45, 2.75) is 0 Å². The van der Waals surface area contributed by atoms with Gasteiger partial charge >= 0.3 is 0 Å². The molecule has 7 aromatic rings. The van der Waals surface area contributed by atoms with Crippen LogP contribution in [0.25, 0.3) is 44.3 Å². The monoisotopic (exact) mass is 582 g/mol. The Labute approximate surface area is 240 Å². The van der Waals surface area contributed by atoms with Crippen molar-refractivity contribution in [3.05, 3.63) is 122 Å². The number of nitrogens with two attached hydrogens (primary N) is 1. The van der Waals surface area contributed by atoms with Crippen LogP contribution in [0.2, 0.25) is 0 Å². The van der Waals surface area contributed by atoms with Crippen LogP contribution in [0, 0.1) is 4.91 Å². The minimum Gasteiger partial charge on any atom is -0.323 e. The topological polar surface area (TPSA) is 191 Å². The summed E-state index contributed by atoms with van der Waals surface area (Å²) in [5.74, 6) is 3.40. The van der Waals surface area contributed by atoms with Gasteiger partial charge in [-0.05, 0) is 47.6 Å². The SMILES string of the molecule is Cl.NO.O=C1c2ccccc2-n2c1nc1ncccc1c2=O.O=Nc1c2ccccc2n2c(=O)c3cccnc3[nH]c12. The summed E-state index contributed by atoms with van der Waals surface area (Å²) >= 11 is 0. The van der Waals surface area contributed by atoms with E-state index in [1.165, 1.54) is 8.97 Å². The van der Waals surface area contributed by atoms with Crippen molar-refractivity contribution >= 4 is 62.5 Å². The Morgan fingerprint density at radius 1 is 0.786 bits per heavy atom. The largest absolute Gasteiger partial charge is 0.323 e. The molecule has 1 aliphatic rings. The Hall–Kier alpha value is -5.63. The second-order valence-electron chi connectivity index (χ2n) is 8.77. The number of pyridine rings is 2. The third-order valence-corrected chi connectivity index (χ3v) is 6.65. The van der Waals surface area contributed by atoms with Gasteiger partial charge in [0, 0.05) is 17.8 Å². The lowest BCUT2D eigenvalue weighted by atomic mass is 10.1. The lowest BCUT2D eigenvalue weighted by Crippen LogP contribution is -2.21. The Bertz CT molecular complexity index is 2290. The van der Waals surface area contributed by atoms with E-state index in [1.807, 2.05) is 6.07 Å². The number of aromatic amines is 1. The van der Waals surface area contributed by atoms with E-state index in [4.69, 9.17) is 5.21 Å². The van der Waals surface area contributed by atoms with Crippen LogP contribution >= 0.6 is 12.4 Å². The molecule has 13 nitrogen and oxygen atoms in total. The molecule has 0 spiro atoms. The van der Waals surface area contributed by atoms with Crippen LogP contribution in [0.15, 0.2) is 100.0 Å². The van der Waals surface area contributed by atoms with Crippen molar-refractivity contribution in [1.29, 1.82) is 0 Å². The number of hydrogen-bond donors (Lipinski definition) is 3. The average molecular weight is 583 g/mol. The third kappa shape index (κ3) is 4.12. The van der Waals surface area contributed by atoms with Crippen molar-refractivity contribution in [2.75, 3.05) is 0 Å². The van der Waals surface area contributed by atoms with Gasteiger partial charge in [0.1, 0.15) is 11.3 Å². The maximum absolute atomic E-state index is 12.6. The first-order chi connectivity index (χ1) is 20.1. The molecular formula is C28H19ClN8O5. The highest BCUT2D eigenvalue weighted by Crippen LogP contribution is 2.32. The molecule has 0 amide bonds. The molecule has 2 aromatic carbocycles. The summed E-state index contributed by atoms with van der Waals surface area (Å²) in [7, 11) is 0. The molecule has 42 heavy (non-hydrogen) atoms. The molecule has 208 valence electrons. The number of para-hydroxylation sites is 2. The quantitative estimate of drug-likeness (QED) is 0.191. The number of carbonyl (C=O) groups excluding carboxylic acids is 1. The lowest BCUT2D eigenvalue weighted by molar-refractivity contribution is 0.103. The molecule has 0 saturated heterocycles. The van der Waals surface area contributed by atoms with Gasteiger partial charge in [0.05, 0.1) is 27.5 Å². The van der Waals surface area contributed by atoms with Gasteiger partial charge in [-0.3, -0.25) is 23.4 Å². The summed E-state index contributed by atoms with van der Waals surface area (Å²) < 4.78 is 2.83. The van der Waals surface area contributed by atoms with Crippen molar-refractivity contribution in [3.63, 3.8) is 0 Å². The molecule has 0 unspecified atom stereocenters. The third-order valence-electron chi connectivity index (χ3n) is 6.65. The van der Waals surface area contributed by atoms with Gasteiger partial charge in [-0.25, -0.2) is 20.8 Å². The van der Waals surface area contributed by atoms with Gasteiger partial charge in [0.25, 0.3) is 11.1 Å². The Morgan fingerprint density at radius 2 is 1.45 bits per heavy atom. The maximum Gasteiger partial charge on any atom is 0.267 e. The van der Waals surface area contributed by atoms with E-state index >= 15 is 0 Å². The first-order valence-corrected chi connectivity index (χ1v) is 12.1. The van der Waals surface area contributed by atoms with Gasteiger partial charge in [0.2, 0.25) is 5.78 Å². The van der Waals surface area contributed by atoms with Crippen molar-refractivity contribution < 1.29 is 10.0 Å². The number of hydrogen-bond acceptors (Lipinski definition) is 10. The van der Waals surface area contributed by atoms with Crippen LogP contribution in [0.1, 0.15) is 16.2 Å². The van der Waals surface area contributed by atoms with Crippen molar-refractivity contribution in [1.82, 2.24) is 28.9 Å². The molecule has 0 bridgehead atoms. The highest BCUT2D eigenvalue weighted by molar-refractivity contribution is 6.13. The van der Waals surface area contributed by atoms with Crippen LogP contribution in [0.5, 0.6) is 0 Å². The molecule has 1 aliphatic heterocycles. The van der Waals surface area contributed by atoms with E-state index < -0.39 is 0 Å². The predicted octanol–water partition coefficient (Wildman–Crippen LogP) is 3.81. The molecule has 6 heterocycles. The molecule has 0 radical (unpaired) electrons. The molecule has 14 heteroatoms. The summed E-state index contributed by atoms with van der Waals surface area (Å²) in [6, 6.07) is 20.9. The molecular weight excluding hydrogens is 564 g/mol. The Kier molecular flexibility index (Phi) is 7.37. The maximum atomic E-state index is 12.6. The van der Waals surface area contributed by atoms with Crippen LogP contribution in [0.4, 0.5) is 5.69 Å². The molecule has 0 atom stereocenters. The summed E-state index contributed by atoms with van der Waals surface area (Å²) in [6.45, 7) is 0. The number of nitrogens with one attached hydrogen (secondary N) is 1. The average Bonchev–Trinajstić information content (AvgIpc) is 3.50. The van der Waals surface area contributed by atoms with E-state index in [0.29, 0.717) is 49.9 Å². The predicted molar refractivity (Wildman–Crippen MR) is 158 cm³/mol. The number of H-pyrrole nitrogens is 1. The van der Waals surface area contributed by atoms with Gasteiger partial charge in [-0.15, -0.1) is 17.3 Å². The van der Waals surface area contributed by atoms with Gasteiger partial charge in [-0.2, -0.15) is 0 Å². The van der Waals surface area contributed by atoms with E-state index in [0.717, 1.165) is 0 Å². The zero-order valence-electron chi connectivity index (χ0n) is 21.3. The summed E-state index contributed by atoms with van der Waals surface area (Å²) in [6.07, 6.45) is 3.14. The summed E-state index contributed by atoms with van der Waals surface area (Å²) in [5.41, 5.74) is 2.62. The standard InChI is InChI=1S/C14H8N4O2.C14H7N3O2.ClH.H3NO/c19-14-9-5-3-7-15-12(9)16-13-11(17-20)8-4-1-2-6-10(8)18(13)14;18-11-8-4-1-2-6-10(8)17-13(11)16-12-9(14(17)19)5-3-7-15-12;;1-2/h1-7H,(H,15,16);1-7H;1H;2H,1H2. The second kappa shape index (κ2) is 11.1. The van der Waals surface area contributed by atoms with Crippen molar-refractivity contribution in [3.8, 4) is 5.69 Å². The minimum absolute atomic E-state index is 0. The number of halogens is 1.